The lowest BCUT2D eigenvalue weighted by molar-refractivity contribution is -0.143. The second kappa shape index (κ2) is 6.12. The number of carbonyl (C=O) groups is 2. The molecule has 0 spiro atoms. The van der Waals surface area contributed by atoms with Crippen LogP contribution in [0.15, 0.2) is 12.4 Å². The summed E-state index contributed by atoms with van der Waals surface area (Å²) in [6.07, 6.45) is 2.35. The summed E-state index contributed by atoms with van der Waals surface area (Å²) < 4.78 is 4.39. The Morgan fingerprint density at radius 2 is 2.24 bits per heavy atom. The lowest BCUT2D eigenvalue weighted by Crippen LogP contribution is -2.44. The molecule has 0 aliphatic heterocycles. The first-order valence-corrected chi connectivity index (χ1v) is 4.93. The lowest BCUT2D eigenvalue weighted by Gasteiger charge is -2.12. The van der Waals surface area contributed by atoms with E-state index in [2.05, 4.69) is 20.0 Å². The number of halogens is 1. The molecule has 0 saturated heterocycles. The predicted octanol–water partition coefficient (Wildman–Crippen LogP) is -0.606. The van der Waals surface area contributed by atoms with Crippen LogP contribution in [0.2, 0.25) is 5.15 Å². The van der Waals surface area contributed by atoms with Crippen LogP contribution in [-0.2, 0) is 9.53 Å². The molecule has 0 aromatic carbocycles. The maximum absolute atomic E-state index is 11.6. The van der Waals surface area contributed by atoms with E-state index in [1.807, 2.05) is 0 Å². The number of aromatic nitrogens is 2. The zero-order valence-electron chi connectivity index (χ0n) is 8.88. The zero-order chi connectivity index (χ0) is 12.8. The highest BCUT2D eigenvalue weighted by Gasteiger charge is 2.21. The molecule has 0 saturated carbocycles. The summed E-state index contributed by atoms with van der Waals surface area (Å²) in [5.74, 6) is -1.40. The molecular weight excluding hydrogens is 250 g/mol. The Kier molecular flexibility index (Phi) is 4.80. The van der Waals surface area contributed by atoms with Gasteiger partial charge in [0.05, 0.1) is 26.1 Å². The maximum Gasteiger partial charge on any atom is 0.330 e. The van der Waals surface area contributed by atoms with Crippen molar-refractivity contribution in [1.82, 2.24) is 15.3 Å². The third kappa shape index (κ3) is 3.65. The van der Waals surface area contributed by atoms with Gasteiger partial charge in [0, 0.05) is 0 Å². The van der Waals surface area contributed by atoms with E-state index in [0.29, 0.717) is 0 Å². The third-order valence-corrected chi connectivity index (χ3v) is 2.02. The van der Waals surface area contributed by atoms with Gasteiger partial charge in [-0.2, -0.15) is 0 Å². The number of hydrogen-bond donors (Lipinski definition) is 2. The zero-order valence-corrected chi connectivity index (χ0v) is 9.64. The average Bonchev–Trinajstić information content (AvgIpc) is 2.35. The Balaban J connectivity index is 2.71. The van der Waals surface area contributed by atoms with Crippen molar-refractivity contribution < 1.29 is 19.4 Å². The Labute approximate surface area is 102 Å². The number of amides is 1. The lowest BCUT2D eigenvalue weighted by atomic mass is 10.3. The second-order valence-electron chi connectivity index (χ2n) is 2.96. The van der Waals surface area contributed by atoms with E-state index in [1.54, 1.807) is 0 Å². The van der Waals surface area contributed by atoms with Crippen LogP contribution in [0.4, 0.5) is 0 Å². The van der Waals surface area contributed by atoms with E-state index in [1.165, 1.54) is 6.20 Å². The first-order chi connectivity index (χ1) is 8.08. The van der Waals surface area contributed by atoms with Gasteiger partial charge in [-0.1, -0.05) is 11.6 Å². The molecule has 1 rings (SSSR count). The normalized spacial score (nSPS) is 11.7. The molecule has 0 fully saturated rings. The van der Waals surface area contributed by atoms with Crippen LogP contribution in [0, 0.1) is 0 Å². The molecule has 0 radical (unpaired) electrons. The Morgan fingerprint density at radius 1 is 1.53 bits per heavy atom. The molecule has 1 heterocycles. The summed E-state index contributed by atoms with van der Waals surface area (Å²) in [4.78, 5) is 30.1. The summed E-state index contributed by atoms with van der Waals surface area (Å²) in [5.41, 5.74) is -0.0169. The van der Waals surface area contributed by atoms with E-state index in [9.17, 15) is 9.59 Å². The van der Waals surface area contributed by atoms with Crippen molar-refractivity contribution in [2.75, 3.05) is 13.7 Å². The summed E-state index contributed by atoms with van der Waals surface area (Å²) >= 11 is 5.50. The standard InChI is InChI=1S/C9H10ClN3O4/c1-17-9(16)6(4-14)13-8(15)5-2-12-7(10)3-11-5/h2-3,6,14H,4H2,1H3,(H,13,15). The molecule has 0 aliphatic rings. The van der Waals surface area contributed by atoms with Crippen molar-refractivity contribution in [2.45, 2.75) is 6.04 Å². The van der Waals surface area contributed by atoms with Crippen LogP contribution in [0.25, 0.3) is 0 Å². The number of nitrogens with zero attached hydrogens (tertiary/aromatic N) is 2. The van der Waals surface area contributed by atoms with Crippen molar-refractivity contribution in [3.8, 4) is 0 Å². The SMILES string of the molecule is COC(=O)C(CO)NC(=O)c1cnc(Cl)cn1. The third-order valence-electron chi connectivity index (χ3n) is 1.83. The van der Waals surface area contributed by atoms with Gasteiger partial charge < -0.3 is 15.2 Å². The minimum Gasteiger partial charge on any atom is -0.467 e. The van der Waals surface area contributed by atoms with E-state index in [4.69, 9.17) is 16.7 Å². The number of rotatable bonds is 4. The van der Waals surface area contributed by atoms with E-state index >= 15 is 0 Å². The van der Waals surface area contributed by atoms with E-state index in [0.717, 1.165) is 13.3 Å². The molecule has 0 bridgehead atoms. The number of ether oxygens (including phenoxy) is 1. The Morgan fingerprint density at radius 3 is 2.71 bits per heavy atom. The molecule has 0 aliphatic carbocycles. The van der Waals surface area contributed by atoms with Crippen molar-refractivity contribution in [3.63, 3.8) is 0 Å². The van der Waals surface area contributed by atoms with Gasteiger partial charge in [-0.05, 0) is 0 Å². The van der Waals surface area contributed by atoms with Gasteiger partial charge in [0.15, 0.2) is 6.04 Å². The average molecular weight is 260 g/mol. The molecular formula is C9H10ClN3O4. The van der Waals surface area contributed by atoms with Gasteiger partial charge in [-0.25, -0.2) is 14.8 Å². The molecule has 8 heteroatoms. The van der Waals surface area contributed by atoms with Crippen molar-refractivity contribution >= 4 is 23.5 Å². The number of nitrogens with one attached hydrogen (secondary N) is 1. The van der Waals surface area contributed by atoms with Crippen LogP contribution < -0.4 is 5.32 Å². The highest BCUT2D eigenvalue weighted by molar-refractivity contribution is 6.29. The van der Waals surface area contributed by atoms with Gasteiger partial charge in [-0.15, -0.1) is 0 Å². The smallest absolute Gasteiger partial charge is 0.330 e. The number of methoxy groups -OCH3 is 1. The number of carbonyl (C=O) groups excluding carboxylic acids is 2. The monoisotopic (exact) mass is 259 g/mol. The quantitative estimate of drug-likeness (QED) is 0.700. The molecule has 7 nitrogen and oxygen atoms in total. The molecule has 2 N–H and O–H groups in total. The fourth-order valence-electron chi connectivity index (χ4n) is 0.983. The minimum atomic E-state index is -1.13. The fourth-order valence-corrected chi connectivity index (χ4v) is 1.08. The molecule has 1 amide bonds. The first-order valence-electron chi connectivity index (χ1n) is 4.55. The van der Waals surface area contributed by atoms with Crippen molar-refractivity contribution in [3.05, 3.63) is 23.2 Å². The molecule has 1 aromatic rings. The van der Waals surface area contributed by atoms with E-state index < -0.39 is 24.5 Å². The predicted molar refractivity (Wildman–Crippen MR) is 57.4 cm³/mol. The first kappa shape index (κ1) is 13.3. The second-order valence-corrected chi connectivity index (χ2v) is 3.34. The molecule has 17 heavy (non-hydrogen) atoms. The van der Waals surface area contributed by atoms with Crippen molar-refractivity contribution in [2.24, 2.45) is 0 Å². The topological polar surface area (TPSA) is 101 Å². The number of aliphatic hydroxyl groups is 1. The van der Waals surface area contributed by atoms with Gasteiger partial charge in [-0.3, -0.25) is 4.79 Å². The fraction of sp³-hybridized carbons (Fsp3) is 0.333. The maximum atomic E-state index is 11.6. The van der Waals surface area contributed by atoms with Crippen LogP contribution in [0.3, 0.4) is 0 Å². The van der Waals surface area contributed by atoms with Crippen LogP contribution in [-0.4, -0.2) is 46.7 Å². The Hall–Kier alpha value is -1.73. The van der Waals surface area contributed by atoms with Crippen LogP contribution in [0.5, 0.6) is 0 Å². The number of hydrogen-bond acceptors (Lipinski definition) is 6. The summed E-state index contributed by atoms with van der Waals surface area (Å²) in [6, 6.07) is -1.13. The van der Waals surface area contributed by atoms with E-state index in [-0.39, 0.29) is 10.8 Å². The molecule has 1 atom stereocenters. The molecule has 1 unspecified atom stereocenters. The number of esters is 1. The molecule has 92 valence electrons. The number of aliphatic hydroxyl groups excluding tert-OH is 1. The highest BCUT2D eigenvalue weighted by atomic mass is 35.5. The summed E-state index contributed by atoms with van der Waals surface area (Å²) in [5, 5.41) is 11.3. The van der Waals surface area contributed by atoms with Crippen LogP contribution >= 0.6 is 11.6 Å². The molecule has 1 aromatic heterocycles. The van der Waals surface area contributed by atoms with Gasteiger partial charge >= 0.3 is 5.97 Å². The van der Waals surface area contributed by atoms with Gasteiger partial charge in [0.2, 0.25) is 0 Å². The summed E-state index contributed by atoms with van der Waals surface area (Å²) in [6.45, 7) is -0.570. The minimum absolute atomic E-state index is 0.0169. The van der Waals surface area contributed by atoms with Gasteiger partial charge in [0.1, 0.15) is 10.8 Å². The van der Waals surface area contributed by atoms with Crippen LogP contribution in [0.1, 0.15) is 10.5 Å². The van der Waals surface area contributed by atoms with Crippen molar-refractivity contribution in [1.29, 1.82) is 0 Å². The highest BCUT2D eigenvalue weighted by Crippen LogP contribution is 2.01. The largest absolute Gasteiger partial charge is 0.467 e. The summed E-state index contributed by atoms with van der Waals surface area (Å²) in [7, 11) is 1.15. The Bertz CT molecular complexity index is 409. The van der Waals surface area contributed by atoms with Gasteiger partial charge in [0.25, 0.3) is 5.91 Å².